The van der Waals surface area contributed by atoms with Crippen molar-refractivity contribution in [3.05, 3.63) is 132 Å². The van der Waals surface area contributed by atoms with Crippen LogP contribution in [0.2, 0.25) is 17.4 Å². The summed E-state index contributed by atoms with van der Waals surface area (Å²) in [6, 6.07) is 15.0. The van der Waals surface area contributed by atoms with Crippen molar-refractivity contribution < 1.29 is 19.1 Å². The smallest absolute Gasteiger partial charge is 0.258 e. The third-order valence-corrected chi connectivity index (χ3v) is 11.8. The van der Waals surface area contributed by atoms with Gasteiger partial charge in [0.15, 0.2) is 0 Å². The van der Waals surface area contributed by atoms with Crippen molar-refractivity contribution in [2.75, 3.05) is 13.1 Å². The third-order valence-electron chi connectivity index (χ3n) is 11.2. The first-order chi connectivity index (χ1) is 32.0. The SMILES string of the molecule is C[C@@H]1CC[C@@H](Oc2nccn3c(Br)cnc23)CN1C(=O)c1ccccc1-n1nccn1.Cc1cnc2c(O[C@@H]3CC[C@@H](C)N(C(=O)c4ccccc4-n4nccn4)C3)nccn12.[CH3][Al]([CH3])[CH3]. The average Bonchev–Trinajstić information content (AvgIpc) is 4.18. The Hall–Kier alpha value is -6.49. The number of likely N-dealkylation sites (tertiary alicyclic amines) is 2. The summed E-state index contributed by atoms with van der Waals surface area (Å²) in [5.41, 5.74) is 4.78. The van der Waals surface area contributed by atoms with Crippen molar-refractivity contribution in [2.24, 2.45) is 0 Å². The van der Waals surface area contributed by atoms with Gasteiger partial charge < -0.3 is 19.3 Å². The topological polar surface area (TPSA) is 181 Å². The third kappa shape index (κ3) is 10.3. The highest BCUT2D eigenvalue weighted by atomic mass is 79.9. The van der Waals surface area contributed by atoms with Crippen LogP contribution in [-0.4, -0.2) is 132 Å². The van der Waals surface area contributed by atoms with Crippen molar-refractivity contribution in [2.45, 2.75) is 88.1 Å². The van der Waals surface area contributed by atoms with Gasteiger partial charge in [-0.15, -0.1) is 17.4 Å². The lowest BCUT2D eigenvalue weighted by molar-refractivity contribution is 0.0372. The van der Waals surface area contributed by atoms with Crippen LogP contribution in [0.1, 0.15) is 65.9 Å². The number of carbonyl (C=O) groups is 2. The maximum absolute atomic E-state index is 13.5. The number of para-hydroxylation sites is 2. The van der Waals surface area contributed by atoms with Gasteiger partial charge >= 0.3 is 0 Å². The number of aromatic nitrogens is 12. The molecule has 8 aromatic rings. The summed E-state index contributed by atoms with van der Waals surface area (Å²) in [5, 5.41) is 16.7. The molecule has 2 aliphatic rings. The van der Waals surface area contributed by atoms with Crippen molar-refractivity contribution in [1.29, 1.82) is 0 Å². The lowest BCUT2D eigenvalue weighted by atomic mass is 9.99. The molecule has 10 rings (SSSR count). The minimum absolute atomic E-state index is 0.0588. The quantitative estimate of drug-likeness (QED) is 0.140. The van der Waals surface area contributed by atoms with Gasteiger partial charge in [0.25, 0.3) is 37.7 Å². The molecule has 18 nitrogen and oxygen atoms in total. The molecule has 8 heterocycles. The van der Waals surface area contributed by atoms with Crippen LogP contribution in [0.4, 0.5) is 0 Å². The lowest BCUT2D eigenvalue weighted by Crippen LogP contribution is -2.49. The van der Waals surface area contributed by atoms with Gasteiger partial charge in [0, 0.05) is 48.8 Å². The number of hydrogen-bond donors (Lipinski definition) is 0. The number of rotatable bonds is 8. The van der Waals surface area contributed by atoms with Gasteiger partial charge in [0.05, 0.1) is 66.6 Å². The zero-order valence-electron chi connectivity index (χ0n) is 37.8. The van der Waals surface area contributed by atoms with E-state index in [1.165, 1.54) is 9.59 Å². The standard InChI is InChI=1S/C22H23N7O2.C21H20BrN7O2.3CH3.Al/c1-15-7-8-17(31-21-20-24-13-16(2)27(20)12-11-23-21)14-28(15)22(30)18-5-3-4-6-19(18)29-25-9-10-26-29;1-14-6-7-15(31-20-19-24-12-18(22)27(19)11-10-23-20)13-28(14)21(30)16-4-2-3-5-17(16)29-25-8-9-26-29;;;;/h3-6,9-13,15,17H,7-8,14H2,1-2H3;2-5,8-12,14-15H,6-7,13H2,1H3;3*1H3;/t15-,17-;14-,15-;;;;/m11..../s1. The predicted octanol–water partition coefficient (Wildman–Crippen LogP) is 7.21. The largest absolute Gasteiger partial charge is 0.470 e. The summed E-state index contributed by atoms with van der Waals surface area (Å²) < 4.78 is 17.1. The minimum atomic E-state index is -0.177. The molecule has 340 valence electrons. The van der Waals surface area contributed by atoms with Gasteiger partial charge in [-0.25, -0.2) is 19.9 Å². The number of halogens is 1. The van der Waals surface area contributed by atoms with Gasteiger partial charge in [-0.05, 0) is 86.6 Å². The van der Waals surface area contributed by atoms with E-state index in [-0.39, 0.29) is 50.3 Å². The molecule has 2 aromatic carbocycles. The number of ether oxygens (including phenoxy) is 2. The van der Waals surface area contributed by atoms with E-state index in [1.807, 2.05) is 86.4 Å². The Morgan fingerprint density at radius 3 is 1.52 bits per heavy atom. The molecule has 4 atom stereocenters. The number of amides is 2. The maximum atomic E-state index is 13.5. The molecule has 2 saturated heterocycles. The fraction of sp³-hybridized carbons (Fsp3) is 0.348. The molecular weight excluding hydrogens is 919 g/mol. The van der Waals surface area contributed by atoms with E-state index in [9.17, 15) is 9.59 Å². The molecule has 20 heteroatoms. The number of imidazole rings is 2. The molecule has 66 heavy (non-hydrogen) atoms. The van der Waals surface area contributed by atoms with E-state index in [0.717, 1.165) is 36.0 Å². The molecule has 0 spiro atoms. The number of nitrogens with zero attached hydrogens (tertiary/aromatic N) is 14. The fourth-order valence-electron chi connectivity index (χ4n) is 7.92. The Morgan fingerprint density at radius 1 is 0.606 bits per heavy atom. The molecule has 6 aromatic heterocycles. The summed E-state index contributed by atoms with van der Waals surface area (Å²) in [6.07, 6.45) is 20.0. The van der Waals surface area contributed by atoms with Crippen molar-refractivity contribution in [1.82, 2.24) is 68.5 Å². The first-order valence-electron chi connectivity index (χ1n) is 22.1. The van der Waals surface area contributed by atoms with Gasteiger partial charge in [0.2, 0.25) is 11.3 Å². The number of fused-ring (bicyclic) bond motifs is 2. The molecule has 0 aliphatic carbocycles. The second-order valence-corrected chi connectivity index (χ2v) is 21.3. The van der Waals surface area contributed by atoms with Crippen molar-refractivity contribution in [3.63, 3.8) is 0 Å². The fourth-order valence-corrected chi connectivity index (χ4v) is 8.31. The van der Waals surface area contributed by atoms with E-state index in [0.29, 0.717) is 58.6 Å². The number of piperidine rings is 2. The molecule has 0 radical (unpaired) electrons. The Bertz CT molecular complexity index is 2690. The van der Waals surface area contributed by atoms with E-state index in [4.69, 9.17) is 9.47 Å². The first-order valence-corrected chi connectivity index (χ1v) is 26.3. The number of carbonyl (C=O) groups excluding carboxylic acids is 2. The average molecular weight is 972 g/mol. The normalized spacial score (nSPS) is 18.2. The van der Waals surface area contributed by atoms with Crippen molar-refractivity contribution >= 4 is 53.2 Å². The Kier molecular flexibility index (Phi) is 14.5. The highest BCUT2D eigenvalue weighted by Crippen LogP contribution is 2.29. The van der Waals surface area contributed by atoms with Crippen LogP contribution in [0.25, 0.3) is 22.7 Å². The Morgan fingerprint density at radius 2 is 1.03 bits per heavy atom. The molecule has 0 bridgehead atoms. The van der Waals surface area contributed by atoms with Gasteiger partial charge in [-0.1, -0.05) is 24.3 Å². The van der Waals surface area contributed by atoms with Crippen LogP contribution in [0.5, 0.6) is 11.8 Å². The molecule has 2 fully saturated rings. The number of benzene rings is 2. The highest BCUT2D eigenvalue weighted by Gasteiger charge is 2.34. The van der Waals surface area contributed by atoms with Crippen LogP contribution in [0.15, 0.2) is 115 Å². The van der Waals surface area contributed by atoms with Crippen LogP contribution < -0.4 is 9.47 Å². The molecule has 2 aliphatic heterocycles. The highest BCUT2D eigenvalue weighted by molar-refractivity contribution is 9.10. The molecule has 0 N–H and O–H groups in total. The lowest BCUT2D eigenvalue weighted by Gasteiger charge is -2.38. The van der Waals surface area contributed by atoms with E-state index in [1.54, 1.807) is 49.6 Å². The predicted molar refractivity (Wildman–Crippen MR) is 253 cm³/mol. The minimum Gasteiger partial charge on any atom is -0.470 e. The maximum Gasteiger partial charge on any atom is 0.258 e. The summed E-state index contributed by atoms with van der Waals surface area (Å²) in [7, 11) is 0. The zero-order chi connectivity index (χ0) is 46.3. The number of hydrogen-bond acceptors (Lipinski definition) is 12. The second-order valence-electron chi connectivity index (χ2n) is 17.0. The monoisotopic (exact) mass is 970 g/mol. The summed E-state index contributed by atoms with van der Waals surface area (Å²) in [5.74, 6) is 7.74. The Labute approximate surface area is 395 Å². The van der Waals surface area contributed by atoms with Crippen LogP contribution >= 0.6 is 15.9 Å². The Balaban J connectivity index is 0.000000166. The molecule has 0 unspecified atom stereocenters. The summed E-state index contributed by atoms with van der Waals surface area (Å²) >= 11 is 3.32. The van der Waals surface area contributed by atoms with Gasteiger partial charge in [0.1, 0.15) is 16.8 Å². The van der Waals surface area contributed by atoms with Crippen LogP contribution in [-0.2, 0) is 0 Å². The second kappa shape index (κ2) is 20.8. The summed E-state index contributed by atoms with van der Waals surface area (Å²) in [4.78, 5) is 51.2. The molecule has 0 saturated carbocycles. The molecular formula is C46H52AlBrN14O4. The molecule has 2 amide bonds. The van der Waals surface area contributed by atoms with E-state index < -0.39 is 0 Å². The van der Waals surface area contributed by atoms with E-state index in [2.05, 4.69) is 87.5 Å². The number of aryl methyl sites for hydroxylation is 1. The van der Waals surface area contributed by atoms with Gasteiger partial charge in [-0.2, -0.15) is 30.0 Å². The zero-order valence-corrected chi connectivity index (χ0v) is 40.5. The summed E-state index contributed by atoms with van der Waals surface area (Å²) in [6.45, 7) is 7.06. The van der Waals surface area contributed by atoms with Crippen LogP contribution in [0.3, 0.4) is 0 Å². The first kappa shape index (κ1) is 46.1. The van der Waals surface area contributed by atoms with Crippen LogP contribution in [0, 0.1) is 6.92 Å². The van der Waals surface area contributed by atoms with Gasteiger partial charge in [-0.3, -0.25) is 18.4 Å². The van der Waals surface area contributed by atoms with Crippen molar-refractivity contribution in [3.8, 4) is 23.1 Å². The van der Waals surface area contributed by atoms with E-state index >= 15 is 0 Å².